The van der Waals surface area contributed by atoms with Crippen molar-refractivity contribution in [2.24, 2.45) is 0 Å². The molecule has 0 saturated carbocycles. The molecule has 0 aliphatic carbocycles. The largest absolute Gasteiger partial charge is 0.494 e. The van der Waals surface area contributed by atoms with Crippen molar-refractivity contribution in [3.63, 3.8) is 0 Å². The van der Waals surface area contributed by atoms with E-state index in [0.29, 0.717) is 13.0 Å². The molecule has 1 aromatic carbocycles. The average Bonchev–Trinajstić information content (AvgIpc) is 2.43. The molecule has 0 fully saturated rings. The number of methoxy groups -OCH3 is 1. The number of ether oxygens (including phenoxy) is 1. The van der Waals surface area contributed by atoms with E-state index in [0.717, 1.165) is 22.3 Å². The van der Waals surface area contributed by atoms with Crippen molar-refractivity contribution < 1.29 is 4.74 Å². The van der Waals surface area contributed by atoms with Gasteiger partial charge in [0.2, 0.25) is 0 Å². The van der Waals surface area contributed by atoms with Gasteiger partial charge in [0.25, 0.3) is 0 Å². The van der Waals surface area contributed by atoms with E-state index in [2.05, 4.69) is 16.0 Å². The number of pyridine rings is 1. The molecule has 4 heteroatoms. The Morgan fingerprint density at radius 2 is 2.22 bits per heavy atom. The molecule has 0 saturated heterocycles. The highest BCUT2D eigenvalue weighted by molar-refractivity contribution is 5.95. The van der Waals surface area contributed by atoms with Crippen LogP contribution in [0.2, 0.25) is 0 Å². The number of aromatic nitrogens is 1. The van der Waals surface area contributed by atoms with E-state index in [1.165, 1.54) is 0 Å². The minimum atomic E-state index is 0.504. The van der Waals surface area contributed by atoms with Gasteiger partial charge in [0.05, 0.1) is 19.6 Å². The third-order valence-corrected chi connectivity index (χ3v) is 2.90. The first kappa shape index (κ1) is 12.2. The highest BCUT2D eigenvalue weighted by atomic mass is 16.5. The van der Waals surface area contributed by atoms with Gasteiger partial charge in [-0.2, -0.15) is 5.26 Å². The van der Waals surface area contributed by atoms with Crippen molar-refractivity contribution >= 4 is 16.6 Å². The number of rotatable bonds is 4. The molecule has 1 heterocycles. The van der Waals surface area contributed by atoms with Crippen LogP contribution in [0.1, 0.15) is 6.42 Å². The molecule has 4 nitrogen and oxygen atoms in total. The lowest BCUT2D eigenvalue weighted by Gasteiger charge is -2.20. The van der Waals surface area contributed by atoms with Gasteiger partial charge in [-0.1, -0.05) is 12.1 Å². The van der Waals surface area contributed by atoms with Crippen LogP contribution >= 0.6 is 0 Å². The van der Waals surface area contributed by atoms with Crippen LogP contribution in [-0.2, 0) is 0 Å². The van der Waals surface area contributed by atoms with E-state index in [4.69, 9.17) is 10.00 Å². The van der Waals surface area contributed by atoms with Gasteiger partial charge in [-0.25, -0.2) is 0 Å². The third kappa shape index (κ3) is 2.21. The van der Waals surface area contributed by atoms with Crippen LogP contribution in [0.5, 0.6) is 5.75 Å². The fourth-order valence-electron chi connectivity index (χ4n) is 1.97. The average molecular weight is 241 g/mol. The van der Waals surface area contributed by atoms with Gasteiger partial charge in [0.1, 0.15) is 11.3 Å². The molecule has 0 unspecified atom stereocenters. The Balaban J connectivity index is 2.49. The van der Waals surface area contributed by atoms with Crippen LogP contribution < -0.4 is 9.64 Å². The van der Waals surface area contributed by atoms with E-state index >= 15 is 0 Å². The summed E-state index contributed by atoms with van der Waals surface area (Å²) >= 11 is 0. The van der Waals surface area contributed by atoms with E-state index in [-0.39, 0.29) is 0 Å². The Bertz CT molecular complexity index is 589. The highest BCUT2D eigenvalue weighted by Crippen LogP contribution is 2.30. The molecular formula is C14H15N3O. The number of para-hydroxylation sites is 1. The van der Waals surface area contributed by atoms with Crippen molar-refractivity contribution in [2.45, 2.75) is 6.42 Å². The minimum Gasteiger partial charge on any atom is -0.494 e. The standard InChI is InChI=1S/C14H15N3O/c1-17(10-4-8-15)12-7-9-16-14-11(12)5-3-6-13(14)18-2/h3,5-7,9H,4,10H2,1-2H3. The Morgan fingerprint density at radius 3 is 2.94 bits per heavy atom. The van der Waals surface area contributed by atoms with Crippen LogP contribution in [0.15, 0.2) is 30.5 Å². The summed E-state index contributed by atoms with van der Waals surface area (Å²) in [6.07, 6.45) is 2.27. The smallest absolute Gasteiger partial charge is 0.145 e. The lowest BCUT2D eigenvalue weighted by Crippen LogP contribution is -2.18. The fourth-order valence-corrected chi connectivity index (χ4v) is 1.97. The summed E-state index contributed by atoms with van der Waals surface area (Å²) < 4.78 is 5.31. The van der Waals surface area contributed by atoms with Crippen molar-refractivity contribution in [2.75, 3.05) is 25.6 Å². The van der Waals surface area contributed by atoms with Crippen LogP contribution in [0.3, 0.4) is 0 Å². The molecular weight excluding hydrogens is 226 g/mol. The van der Waals surface area contributed by atoms with E-state index in [1.54, 1.807) is 13.3 Å². The Labute approximate surface area is 106 Å². The van der Waals surface area contributed by atoms with E-state index in [1.807, 2.05) is 31.3 Å². The highest BCUT2D eigenvalue weighted by Gasteiger charge is 2.09. The van der Waals surface area contributed by atoms with Crippen molar-refractivity contribution in [3.05, 3.63) is 30.5 Å². The van der Waals surface area contributed by atoms with Gasteiger partial charge in [0, 0.05) is 30.9 Å². The number of hydrogen-bond donors (Lipinski definition) is 0. The van der Waals surface area contributed by atoms with Gasteiger partial charge >= 0.3 is 0 Å². The van der Waals surface area contributed by atoms with Crippen molar-refractivity contribution in [1.29, 1.82) is 5.26 Å². The van der Waals surface area contributed by atoms with Crippen LogP contribution in [0.25, 0.3) is 10.9 Å². The normalized spacial score (nSPS) is 10.1. The molecule has 0 radical (unpaired) electrons. The summed E-state index contributed by atoms with van der Waals surface area (Å²) in [5, 5.41) is 9.69. The lowest BCUT2D eigenvalue weighted by molar-refractivity contribution is 0.419. The fraction of sp³-hybridized carbons (Fsp3) is 0.286. The molecule has 2 aromatic rings. The number of nitrogens with zero attached hydrogens (tertiary/aromatic N) is 3. The number of fused-ring (bicyclic) bond motifs is 1. The third-order valence-electron chi connectivity index (χ3n) is 2.90. The predicted octanol–water partition coefficient (Wildman–Crippen LogP) is 2.59. The number of hydrogen-bond acceptors (Lipinski definition) is 4. The summed E-state index contributed by atoms with van der Waals surface area (Å²) in [7, 11) is 3.62. The van der Waals surface area contributed by atoms with Crippen LogP contribution in [0.4, 0.5) is 5.69 Å². The second-order valence-corrected chi connectivity index (χ2v) is 4.02. The van der Waals surface area contributed by atoms with Crippen LogP contribution in [0, 0.1) is 11.3 Å². The molecule has 18 heavy (non-hydrogen) atoms. The molecule has 0 amide bonds. The molecule has 0 aliphatic rings. The van der Waals surface area contributed by atoms with Gasteiger partial charge in [-0.15, -0.1) is 0 Å². The Kier molecular flexibility index (Phi) is 3.63. The summed E-state index contributed by atoms with van der Waals surface area (Å²) in [6.45, 7) is 0.701. The Morgan fingerprint density at radius 1 is 1.39 bits per heavy atom. The van der Waals surface area contributed by atoms with Crippen LogP contribution in [-0.4, -0.2) is 25.7 Å². The molecule has 0 bridgehead atoms. The quantitative estimate of drug-likeness (QED) is 0.825. The molecule has 0 aliphatic heterocycles. The molecule has 0 spiro atoms. The van der Waals surface area contributed by atoms with Gasteiger partial charge in [-0.3, -0.25) is 4.98 Å². The Hall–Kier alpha value is -2.28. The monoisotopic (exact) mass is 241 g/mol. The first-order valence-corrected chi connectivity index (χ1v) is 5.77. The summed E-state index contributed by atoms with van der Waals surface area (Å²) in [6, 6.07) is 9.98. The molecule has 2 rings (SSSR count). The molecule has 0 atom stereocenters. The molecule has 92 valence electrons. The summed E-state index contributed by atoms with van der Waals surface area (Å²) in [4.78, 5) is 6.42. The lowest BCUT2D eigenvalue weighted by atomic mass is 10.1. The van der Waals surface area contributed by atoms with E-state index < -0.39 is 0 Å². The number of anilines is 1. The van der Waals surface area contributed by atoms with Gasteiger partial charge in [-0.05, 0) is 12.1 Å². The van der Waals surface area contributed by atoms with Crippen molar-refractivity contribution in [1.82, 2.24) is 4.98 Å². The number of benzene rings is 1. The first-order chi connectivity index (χ1) is 8.77. The molecule has 1 aromatic heterocycles. The van der Waals surface area contributed by atoms with Gasteiger partial charge in [0.15, 0.2) is 0 Å². The van der Waals surface area contributed by atoms with Crippen molar-refractivity contribution in [3.8, 4) is 11.8 Å². The predicted molar refractivity (Wildman–Crippen MR) is 71.8 cm³/mol. The zero-order valence-corrected chi connectivity index (χ0v) is 10.6. The second kappa shape index (κ2) is 5.37. The maximum absolute atomic E-state index is 8.65. The topological polar surface area (TPSA) is 49.1 Å². The van der Waals surface area contributed by atoms with E-state index in [9.17, 15) is 0 Å². The number of nitriles is 1. The first-order valence-electron chi connectivity index (χ1n) is 5.77. The maximum Gasteiger partial charge on any atom is 0.145 e. The van der Waals surface area contributed by atoms with Gasteiger partial charge < -0.3 is 9.64 Å². The minimum absolute atomic E-state index is 0.504. The maximum atomic E-state index is 8.65. The summed E-state index contributed by atoms with van der Waals surface area (Å²) in [5.74, 6) is 0.767. The summed E-state index contributed by atoms with van der Waals surface area (Å²) in [5.41, 5.74) is 1.91. The SMILES string of the molecule is COc1cccc2c(N(C)CCC#N)ccnc12. The zero-order chi connectivity index (χ0) is 13.0. The molecule has 0 N–H and O–H groups in total. The second-order valence-electron chi connectivity index (χ2n) is 4.02. The zero-order valence-electron chi connectivity index (χ0n) is 10.6.